The molecular formula is C6H12BNO. The van der Waals surface area contributed by atoms with Crippen LogP contribution in [0.5, 0.6) is 0 Å². The van der Waals surface area contributed by atoms with Gasteiger partial charge in [0.25, 0.3) is 0 Å². The fourth-order valence-electron chi connectivity index (χ4n) is 1.26. The van der Waals surface area contributed by atoms with Gasteiger partial charge in [0.05, 0.1) is 0 Å². The highest BCUT2D eigenvalue weighted by atomic mass is 16.1. The highest BCUT2D eigenvalue weighted by Crippen LogP contribution is 2.30. The number of hydrogen-bond acceptors (Lipinski definition) is 1. The molecule has 1 aliphatic carbocycles. The van der Waals surface area contributed by atoms with E-state index < -0.39 is 0 Å². The Labute approximate surface area is 56.4 Å². The highest BCUT2D eigenvalue weighted by molar-refractivity contribution is 6.57. The summed E-state index contributed by atoms with van der Waals surface area (Å²) < 4.78 is 0. The van der Waals surface area contributed by atoms with Crippen LogP contribution >= 0.6 is 0 Å². The molecule has 1 aliphatic rings. The highest BCUT2D eigenvalue weighted by Gasteiger charge is 2.31. The average Bonchev–Trinajstić information content (AvgIpc) is 1.60. The summed E-state index contributed by atoms with van der Waals surface area (Å²) in [5.74, 6) is 0.0946. The normalized spacial score (nSPS) is 22.3. The lowest BCUT2D eigenvalue weighted by molar-refractivity contribution is 0.206. The van der Waals surface area contributed by atoms with Crippen LogP contribution in [-0.4, -0.2) is 19.2 Å². The van der Waals surface area contributed by atoms with Crippen LogP contribution in [-0.2, 0) is 0 Å². The van der Waals surface area contributed by atoms with Crippen LogP contribution in [0.1, 0.15) is 26.2 Å². The number of rotatable bonds is 1. The summed E-state index contributed by atoms with van der Waals surface area (Å²) in [5.41, 5.74) is 0.145. The van der Waals surface area contributed by atoms with Gasteiger partial charge in [0.15, 0.2) is 5.81 Å². The minimum atomic E-state index is 0.0946. The first-order chi connectivity index (χ1) is 4.12. The Hall–Kier alpha value is -0.465. The largest absolute Gasteiger partial charge is 0.360 e. The van der Waals surface area contributed by atoms with Crippen molar-refractivity contribution in [2.24, 2.45) is 0 Å². The van der Waals surface area contributed by atoms with Crippen LogP contribution < -0.4 is 5.32 Å². The van der Waals surface area contributed by atoms with Gasteiger partial charge in [0.1, 0.15) is 0 Å². The zero-order valence-electron chi connectivity index (χ0n) is 6.03. The first kappa shape index (κ1) is 6.65. The maximum Gasteiger partial charge on any atom is 0.215 e. The van der Waals surface area contributed by atoms with E-state index >= 15 is 0 Å². The minimum Gasteiger partial charge on any atom is -0.360 e. The first-order valence-electron chi connectivity index (χ1n) is 3.41. The van der Waals surface area contributed by atoms with Gasteiger partial charge in [-0.3, -0.25) is 4.79 Å². The van der Waals surface area contributed by atoms with Gasteiger partial charge in [0, 0.05) is 5.54 Å². The van der Waals surface area contributed by atoms with Crippen molar-refractivity contribution in [3.05, 3.63) is 0 Å². The first-order valence-corrected chi connectivity index (χ1v) is 3.41. The van der Waals surface area contributed by atoms with Gasteiger partial charge < -0.3 is 5.32 Å². The van der Waals surface area contributed by atoms with Crippen LogP contribution in [0, 0.1) is 0 Å². The van der Waals surface area contributed by atoms with Crippen molar-refractivity contribution in [3.63, 3.8) is 0 Å². The van der Waals surface area contributed by atoms with Crippen molar-refractivity contribution in [2.45, 2.75) is 31.7 Å². The van der Waals surface area contributed by atoms with Gasteiger partial charge in [0.2, 0.25) is 7.85 Å². The second kappa shape index (κ2) is 2.05. The van der Waals surface area contributed by atoms with Gasteiger partial charge in [-0.25, -0.2) is 0 Å². The SMILES string of the molecule is BC(=O)NC1(C)CCC1. The van der Waals surface area contributed by atoms with Crippen LogP contribution in [0.4, 0.5) is 4.79 Å². The monoisotopic (exact) mass is 125 g/mol. The molecule has 0 saturated heterocycles. The number of carbonyl (C=O) groups is 1. The van der Waals surface area contributed by atoms with Gasteiger partial charge >= 0.3 is 0 Å². The third kappa shape index (κ3) is 1.47. The zero-order valence-corrected chi connectivity index (χ0v) is 6.03. The molecule has 3 heteroatoms. The minimum absolute atomic E-state index is 0.0946. The summed E-state index contributed by atoms with van der Waals surface area (Å²) in [6.07, 6.45) is 3.55. The van der Waals surface area contributed by atoms with Crippen LogP contribution in [0.3, 0.4) is 0 Å². The molecule has 0 spiro atoms. The van der Waals surface area contributed by atoms with Crippen molar-refractivity contribution in [3.8, 4) is 0 Å². The van der Waals surface area contributed by atoms with E-state index in [0.29, 0.717) is 0 Å². The maximum absolute atomic E-state index is 10.5. The topological polar surface area (TPSA) is 29.1 Å². The van der Waals surface area contributed by atoms with E-state index in [2.05, 4.69) is 12.2 Å². The molecule has 1 saturated carbocycles. The molecule has 0 unspecified atom stereocenters. The Kier molecular flexibility index (Phi) is 1.51. The smallest absolute Gasteiger partial charge is 0.215 e. The van der Waals surface area contributed by atoms with Crippen LogP contribution in [0.15, 0.2) is 0 Å². The number of hydrogen-bond donors (Lipinski definition) is 1. The molecule has 0 bridgehead atoms. The summed E-state index contributed by atoms with van der Waals surface area (Å²) in [7, 11) is 1.57. The Morgan fingerprint density at radius 2 is 2.22 bits per heavy atom. The Morgan fingerprint density at radius 3 is 2.33 bits per heavy atom. The van der Waals surface area contributed by atoms with Gasteiger partial charge in [-0.05, 0) is 26.2 Å². The van der Waals surface area contributed by atoms with E-state index in [0.717, 1.165) is 12.8 Å². The summed E-state index contributed by atoms with van der Waals surface area (Å²) in [4.78, 5) is 10.5. The number of nitrogens with one attached hydrogen (secondary N) is 1. The van der Waals surface area contributed by atoms with Gasteiger partial charge in [-0.1, -0.05) is 0 Å². The van der Waals surface area contributed by atoms with E-state index in [1.165, 1.54) is 6.42 Å². The predicted octanol–water partition coefficient (Wildman–Crippen LogP) is 0.272. The molecule has 0 radical (unpaired) electrons. The molecule has 1 amide bonds. The molecule has 1 rings (SSSR count). The zero-order chi connectivity index (χ0) is 6.91. The Morgan fingerprint density at radius 1 is 1.67 bits per heavy atom. The van der Waals surface area contributed by atoms with E-state index in [4.69, 9.17) is 0 Å². The second-order valence-electron chi connectivity index (χ2n) is 3.10. The molecule has 1 fully saturated rings. The maximum atomic E-state index is 10.5. The Bertz CT molecular complexity index is 131. The van der Waals surface area contributed by atoms with Crippen molar-refractivity contribution in [2.75, 3.05) is 0 Å². The predicted molar refractivity (Wildman–Crippen MR) is 39.3 cm³/mol. The van der Waals surface area contributed by atoms with Crippen molar-refractivity contribution < 1.29 is 4.79 Å². The molecule has 2 nitrogen and oxygen atoms in total. The summed E-state index contributed by atoms with van der Waals surface area (Å²) in [6, 6.07) is 0. The van der Waals surface area contributed by atoms with E-state index in [9.17, 15) is 4.79 Å². The molecule has 1 N–H and O–H groups in total. The van der Waals surface area contributed by atoms with Crippen LogP contribution in [0.2, 0.25) is 0 Å². The van der Waals surface area contributed by atoms with E-state index in [1.807, 2.05) is 0 Å². The van der Waals surface area contributed by atoms with Crippen molar-refractivity contribution in [1.29, 1.82) is 0 Å². The molecular weight excluding hydrogens is 113 g/mol. The summed E-state index contributed by atoms with van der Waals surface area (Å²) in [5, 5.41) is 2.92. The fraction of sp³-hybridized carbons (Fsp3) is 0.833. The third-order valence-electron chi connectivity index (χ3n) is 1.93. The lowest BCUT2D eigenvalue weighted by Gasteiger charge is -2.38. The van der Waals surface area contributed by atoms with Gasteiger partial charge in [-0.2, -0.15) is 0 Å². The van der Waals surface area contributed by atoms with Crippen molar-refractivity contribution >= 4 is 13.7 Å². The quantitative estimate of drug-likeness (QED) is 0.500. The molecule has 0 aromatic carbocycles. The number of amides is 1. The molecule has 0 aromatic heterocycles. The number of carbonyl (C=O) groups excluding carboxylic acids is 1. The van der Waals surface area contributed by atoms with Crippen molar-refractivity contribution in [1.82, 2.24) is 5.32 Å². The molecule has 0 heterocycles. The third-order valence-corrected chi connectivity index (χ3v) is 1.93. The van der Waals surface area contributed by atoms with Crippen LogP contribution in [0.25, 0.3) is 0 Å². The summed E-state index contributed by atoms with van der Waals surface area (Å²) in [6.45, 7) is 2.10. The molecule has 9 heavy (non-hydrogen) atoms. The Balaban J connectivity index is 2.33. The molecule has 0 aromatic rings. The van der Waals surface area contributed by atoms with E-state index in [1.54, 1.807) is 7.85 Å². The lowest BCUT2D eigenvalue weighted by atomic mass is 9.78. The second-order valence-corrected chi connectivity index (χ2v) is 3.10. The molecule has 50 valence electrons. The average molecular weight is 125 g/mol. The standard InChI is InChI=1S/C6H12BNO/c1-6(3-2-4-6)8-5(7)9/h2-4,7H2,1H3,(H,8,9). The molecule has 0 atom stereocenters. The fourth-order valence-corrected chi connectivity index (χ4v) is 1.26. The van der Waals surface area contributed by atoms with Gasteiger partial charge in [-0.15, -0.1) is 0 Å². The lowest BCUT2D eigenvalue weighted by Crippen LogP contribution is -2.50. The summed E-state index contributed by atoms with van der Waals surface area (Å²) >= 11 is 0. The van der Waals surface area contributed by atoms with E-state index in [-0.39, 0.29) is 11.3 Å². The molecule has 0 aliphatic heterocycles.